The van der Waals surface area contributed by atoms with Crippen molar-refractivity contribution in [3.63, 3.8) is 0 Å². The van der Waals surface area contributed by atoms with Crippen molar-refractivity contribution in [2.24, 2.45) is 5.92 Å². The fraction of sp³-hybridized carbons (Fsp3) is 0.350. The van der Waals surface area contributed by atoms with E-state index in [1.54, 1.807) is 12.5 Å². The van der Waals surface area contributed by atoms with Gasteiger partial charge in [0.05, 0.1) is 25.0 Å². The van der Waals surface area contributed by atoms with Crippen LogP contribution in [-0.2, 0) is 9.53 Å². The van der Waals surface area contributed by atoms with Crippen molar-refractivity contribution >= 4 is 34.4 Å². The summed E-state index contributed by atoms with van der Waals surface area (Å²) in [5.74, 6) is 0.576. The maximum atomic E-state index is 12.0. The van der Waals surface area contributed by atoms with Gasteiger partial charge >= 0.3 is 5.97 Å². The molecule has 0 unspecified atom stereocenters. The number of piperidine rings is 1. The lowest BCUT2D eigenvalue weighted by molar-refractivity contribution is -0.148. The molecule has 0 bridgehead atoms. The number of benzene rings is 1. The van der Waals surface area contributed by atoms with Gasteiger partial charge in [0, 0.05) is 24.0 Å². The highest BCUT2D eigenvalue weighted by atomic mass is 35.5. The van der Waals surface area contributed by atoms with E-state index in [1.165, 1.54) is 0 Å². The van der Waals surface area contributed by atoms with E-state index in [2.05, 4.69) is 14.9 Å². The van der Waals surface area contributed by atoms with Gasteiger partial charge in [-0.1, -0.05) is 11.6 Å². The second kappa shape index (κ2) is 7.56. The second-order valence-corrected chi connectivity index (χ2v) is 6.94. The molecule has 1 aliphatic rings. The summed E-state index contributed by atoms with van der Waals surface area (Å²) in [5.41, 5.74) is 2.56. The lowest BCUT2D eigenvalue weighted by Gasteiger charge is -2.32. The standard InChI is InChI=1S/C20H20ClN3O3/c1-2-26-20(25)13-5-8-24(9-6-13)19-18(22-12-17(21)23-19)15-3-4-16-14(11-15)7-10-27-16/h3-4,7,10-13H,2,5-6,8-9H2,1H3. The van der Waals surface area contributed by atoms with Gasteiger partial charge in [0.2, 0.25) is 0 Å². The van der Waals surface area contributed by atoms with Crippen molar-refractivity contribution in [1.82, 2.24) is 9.97 Å². The number of carbonyl (C=O) groups excluding carboxylic acids is 1. The number of ether oxygens (including phenoxy) is 1. The zero-order chi connectivity index (χ0) is 18.8. The van der Waals surface area contributed by atoms with E-state index in [0.717, 1.165) is 40.9 Å². The van der Waals surface area contributed by atoms with Gasteiger partial charge in [-0.25, -0.2) is 9.97 Å². The van der Waals surface area contributed by atoms with Crippen molar-refractivity contribution in [2.75, 3.05) is 24.6 Å². The first-order valence-electron chi connectivity index (χ1n) is 9.07. The molecule has 0 amide bonds. The molecule has 3 heterocycles. The Kier molecular flexibility index (Phi) is 4.99. The number of aromatic nitrogens is 2. The van der Waals surface area contributed by atoms with Crippen LogP contribution in [0.3, 0.4) is 0 Å². The number of nitrogens with zero attached hydrogens (tertiary/aromatic N) is 3. The average molecular weight is 386 g/mol. The van der Waals surface area contributed by atoms with Crippen molar-refractivity contribution in [3.05, 3.63) is 41.9 Å². The molecule has 0 aliphatic carbocycles. The summed E-state index contributed by atoms with van der Waals surface area (Å²) in [6.07, 6.45) is 4.69. The third-order valence-corrected chi connectivity index (χ3v) is 5.05. The Labute approximate surface area is 162 Å². The van der Waals surface area contributed by atoms with E-state index in [1.807, 2.05) is 31.2 Å². The summed E-state index contributed by atoms with van der Waals surface area (Å²) in [6.45, 7) is 3.66. The molecular weight excluding hydrogens is 366 g/mol. The van der Waals surface area contributed by atoms with Gasteiger partial charge in [0.1, 0.15) is 16.4 Å². The van der Waals surface area contributed by atoms with Crippen LogP contribution in [0.25, 0.3) is 22.2 Å². The Hall–Kier alpha value is -2.60. The van der Waals surface area contributed by atoms with Gasteiger partial charge < -0.3 is 14.1 Å². The van der Waals surface area contributed by atoms with Crippen LogP contribution in [0.4, 0.5) is 5.82 Å². The van der Waals surface area contributed by atoms with Crippen molar-refractivity contribution in [2.45, 2.75) is 19.8 Å². The van der Waals surface area contributed by atoms with Crippen molar-refractivity contribution < 1.29 is 13.9 Å². The third-order valence-electron chi connectivity index (χ3n) is 4.86. The molecule has 140 valence electrons. The topological polar surface area (TPSA) is 68.5 Å². The minimum atomic E-state index is -0.111. The lowest BCUT2D eigenvalue weighted by atomic mass is 9.96. The number of esters is 1. The zero-order valence-electron chi connectivity index (χ0n) is 15.0. The minimum absolute atomic E-state index is 0.0564. The maximum absolute atomic E-state index is 12.0. The molecule has 4 rings (SSSR count). The van der Waals surface area contributed by atoms with E-state index in [-0.39, 0.29) is 11.9 Å². The lowest BCUT2D eigenvalue weighted by Crippen LogP contribution is -2.37. The van der Waals surface area contributed by atoms with Gasteiger partial charge in [0.15, 0.2) is 5.82 Å². The summed E-state index contributed by atoms with van der Waals surface area (Å²) in [7, 11) is 0. The molecule has 2 aromatic heterocycles. The third kappa shape index (κ3) is 3.62. The molecule has 1 aliphatic heterocycles. The van der Waals surface area contributed by atoms with Crippen molar-refractivity contribution in [3.8, 4) is 11.3 Å². The number of rotatable bonds is 4. The molecule has 0 saturated carbocycles. The van der Waals surface area contributed by atoms with Crippen LogP contribution in [-0.4, -0.2) is 35.6 Å². The maximum Gasteiger partial charge on any atom is 0.309 e. The molecular formula is C20H20ClN3O3. The highest BCUT2D eigenvalue weighted by Crippen LogP contribution is 2.33. The molecule has 0 radical (unpaired) electrons. The average Bonchev–Trinajstić information content (AvgIpc) is 3.16. The number of anilines is 1. The molecule has 0 spiro atoms. The normalized spacial score (nSPS) is 15.3. The van der Waals surface area contributed by atoms with Gasteiger partial charge in [-0.2, -0.15) is 0 Å². The first-order chi connectivity index (χ1) is 13.2. The monoisotopic (exact) mass is 385 g/mol. The fourth-order valence-electron chi connectivity index (χ4n) is 3.48. The van der Waals surface area contributed by atoms with Crippen LogP contribution in [0.15, 0.2) is 41.1 Å². The smallest absolute Gasteiger partial charge is 0.309 e. The van der Waals surface area contributed by atoms with Gasteiger partial charge in [-0.15, -0.1) is 0 Å². The largest absolute Gasteiger partial charge is 0.466 e. The highest BCUT2D eigenvalue weighted by molar-refractivity contribution is 6.29. The predicted molar refractivity (Wildman–Crippen MR) is 104 cm³/mol. The number of halogens is 1. The molecule has 7 heteroatoms. The highest BCUT2D eigenvalue weighted by Gasteiger charge is 2.28. The van der Waals surface area contributed by atoms with E-state index in [4.69, 9.17) is 20.8 Å². The molecule has 1 aromatic carbocycles. The Morgan fingerprint density at radius 3 is 2.93 bits per heavy atom. The summed E-state index contributed by atoms with van der Waals surface area (Å²) in [6, 6.07) is 7.86. The molecule has 0 atom stereocenters. The molecule has 0 N–H and O–H groups in total. The van der Waals surface area contributed by atoms with Crippen LogP contribution in [0.1, 0.15) is 19.8 Å². The fourth-order valence-corrected chi connectivity index (χ4v) is 3.61. The Balaban J connectivity index is 1.61. The molecule has 3 aromatic rings. The first kappa shape index (κ1) is 17.8. The Morgan fingerprint density at radius 1 is 1.33 bits per heavy atom. The SMILES string of the molecule is CCOC(=O)C1CCN(c2nc(Cl)cnc2-c2ccc3occc3c2)CC1. The van der Waals surface area contributed by atoms with Crippen LogP contribution in [0, 0.1) is 5.92 Å². The van der Waals surface area contributed by atoms with E-state index in [0.29, 0.717) is 24.8 Å². The van der Waals surface area contributed by atoms with Gasteiger partial charge in [-0.3, -0.25) is 4.79 Å². The summed E-state index contributed by atoms with van der Waals surface area (Å²) < 4.78 is 10.6. The van der Waals surface area contributed by atoms with E-state index < -0.39 is 0 Å². The number of carbonyl (C=O) groups is 1. The number of fused-ring (bicyclic) bond motifs is 1. The number of hydrogen-bond donors (Lipinski definition) is 0. The summed E-state index contributed by atoms with van der Waals surface area (Å²) >= 11 is 6.13. The van der Waals surface area contributed by atoms with Crippen molar-refractivity contribution in [1.29, 1.82) is 0 Å². The summed E-state index contributed by atoms with van der Waals surface area (Å²) in [4.78, 5) is 23.2. The first-order valence-corrected chi connectivity index (χ1v) is 9.45. The van der Waals surface area contributed by atoms with Gasteiger partial charge in [-0.05, 0) is 44.0 Å². The van der Waals surface area contributed by atoms with Gasteiger partial charge in [0.25, 0.3) is 0 Å². The molecule has 1 saturated heterocycles. The Bertz CT molecular complexity index is 964. The van der Waals surface area contributed by atoms with Crippen LogP contribution >= 0.6 is 11.6 Å². The van der Waals surface area contributed by atoms with Crippen LogP contribution in [0.2, 0.25) is 5.15 Å². The number of furan rings is 1. The second-order valence-electron chi connectivity index (χ2n) is 6.55. The summed E-state index contributed by atoms with van der Waals surface area (Å²) in [5, 5.41) is 1.36. The molecule has 1 fully saturated rings. The van der Waals surface area contributed by atoms with Crippen LogP contribution < -0.4 is 4.90 Å². The molecule has 27 heavy (non-hydrogen) atoms. The van der Waals surface area contributed by atoms with E-state index in [9.17, 15) is 4.79 Å². The quantitative estimate of drug-likeness (QED) is 0.623. The number of hydrogen-bond acceptors (Lipinski definition) is 6. The predicted octanol–water partition coefficient (Wildman–Crippen LogP) is 4.32. The van der Waals surface area contributed by atoms with E-state index >= 15 is 0 Å². The van der Waals surface area contributed by atoms with Crippen LogP contribution in [0.5, 0.6) is 0 Å². The Morgan fingerprint density at radius 2 is 2.15 bits per heavy atom. The molecule has 6 nitrogen and oxygen atoms in total. The zero-order valence-corrected chi connectivity index (χ0v) is 15.8. The minimum Gasteiger partial charge on any atom is -0.466 e.